The Morgan fingerprint density at radius 2 is 1.84 bits per heavy atom. The number of thiazole rings is 1. The second-order valence-corrected chi connectivity index (χ2v) is 9.68. The maximum absolute atomic E-state index is 13.3. The standard InChI is InChI=1S/C24H18ClF2N7O3S/c1-11-3-13(14-4-19(25)29-8-17(14)37-2)15(7-28-11)22(35)33-24-32-16-9-34(10-18(16)38-24)23(36)12-5-30-21(20(26)27)31-6-12/h3-8,20H,9-10H2,1-2H3,(H,32,33,35). The lowest BCUT2D eigenvalue weighted by Crippen LogP contribution is -2.26. The molecule has 1 aliphatic heterocycles. The molecule has 0 fully saturated rings. The molecule has 0 unspecified atom stereocenters. The lowest BCUT2D eigenvalue weighted by Gasteiger charge is -2.15. The molecule has 0 radical (unpaired) electrons. The van der Waals surface area contributed by atoms with Gasteiger partial charge in [-0.15, -0.1) is 0 Å². The van der Waals surface area contributed by atoms with Crippen molar-refractivity contribution in [1.82, 2.24) is 29.8 Å². The summed E-state index contributed by atoms with van der Waals surface area (Å²) in [5, 5.41) is 3.41. The minimum atomic E-state index is -2.81. The van der Waals surface area contributed by atoms with Crippen LogP contribution in [0, 0.1) is 6.92 Å². The van der Waals surface area contributed by atoms with Gasteiger partial charge in [-0.25, -0.2) is 28.7 Å². The van der Waals surface area contributed by atoms with Crippen LogP contribution in [0.25, 0.3) is 11.1 Å². The van der Waals surface area contributed by atoms with Gasteiger partial charge in [0.15, 0.2) is 11.0 Å². The number of anilines is 1. The number of carbonyl (C=O) groups is 2. The van der Waals surface area contributed by atoms with Gasteiger partial charge in [-0.1, -0.05) is 22.9 Å². The van der Waals surface area contributed by atoms with Crippen molar-refractivity contribution in [3.63, 3.8) is 0 Å². The quantitative estimate of drug-likeness (QED) is 0.338. The van der Waals surface area contributed by atoms with Crippen molar-refractivity contribution in [2.75, 3.05) is 12.4 Å². The highest BCUT2D eigenvalue weighted by molar-refractivity contribution is 7.16. The average molecular weight is 558 g/mol. The number of amides is 2. The molecule has 0 atom stereocenters. The summed E-state index contributed by atoms with van der Waals surface area (Å²) in [6.07, 6.45) is 2.30. The first-order valence-corrected chi connectivity index (χ1v) is 12.3. The molecule has 10 nitrogen and oxygen atoms in total. The minimum Gasteiger partial charge on any atom is -0.494 e. The third-order valence-corrected chi connectivity index (χ3v) is 6.91. The van der Waals surface area contributed by atoms with E-state index in [9.17, 15) is 18.4 Å². The first-order valence-electron chi connectivity index (χ1n) is 11.1. The summed E-state index contributed by atoms with van der Waals surface area (Å²) in [5.41, 5.74) is 2.87. The molecule has 0 aliphatic carbocycles. The first kappa shape index (κ1) is 25.5. The average Bonchev–Trinajstić information content (AvgIpc) is 3.47. The second kappa shape index (κ2) is 10.3. The van der Waals surface area contributed by atoms with Crippen LogP contribution in [0.5, 0.6) is 5.75 Å². The Labute approximate surface area is 223 Å². The number of ether oxygens (including phenoxy) is 1. The smallest absolute Gasteiger partial charge is 0.297 e. The number of aryl methyl sites for hydroxylation is 1. The zero-order chi connectivity index (χ0) is 27.0. The molecule has 38 heavy (non-hydrogen) atoms. The number of pyridine rings is 2. The molecule has 14 heteroatoms. The van der Waals surface area contributed by atoms with Crippen LogP contribution >= 0.6 is 22.9 Å². The number of halogens is 3. The highest BCUT2D eigenvalue weighted by Gasteiger charge is 2.29. The van der Waals surface area contributed by atoms with E-state index in [-0.39, 0.29) is 29.4 Å². The maximum atomic E-state index is 13.3. The van der Waals surface area contributed by atoms with Crippen LogP contribution in [0.1, 0.15) is 49.2 Å². The Morgan fingerprint density at radius 3 is 2.53 bits per heavy atom. The molecule has 0 spiro atoms. The van der Waals surface area contributed by atoms with Gasteiger partial charge in [0, 0.05) is 35.4 Å². The van der Waals surface area contributed by atoms with Crippen molar-refractivity contribution in [2.45, 2.75) is 26.4 Å². The zero-order valence-electron chi connectivity index (χ0n) is 19.9. The molecule has 4 aromatic heterocycles. The fourth-order valence-electron chi connectivity index (χ4n) is 3.90. The van der Waals surface area contributed by atoms with Crippen molar-refractivity contribution < 1.29 is 23.1 Å². The van der Waals surface area contributed by atoms with Crippen molar-refractivity contribution in [1.29, 1.82) is 0 Å². The van der Waals surface area contributed by atoms with Crippen molar-refractivity contribution in [2.24, 2.45) is 0 Å². The number of carbonyl (C=O) groups excluding carboxylic acids is 2. The molecule has 0 saturated carbocycles. The summed E-state index contributed by atoms with van der Waals surface area (Å²) in [7, 11) is 1.50. The lowest BCUT2D eigenvalue weighted by atomic mass is 10.0. The Hall–Kier alpha value is -4.10. The molecule has 1 N–H and O–H groups in total. The summed E-state index contributed by atoms with van der Waals surface area (Å²) in [6, 6.07) is 3.37. The van der Waals surface area contributed by atoms with Crippen molar-refractivity contribution in [3.8, 4) is 16.9 Å². The fourth-order valence-corrected chi connectivity index (χ4v) is 5.04. The molecule has 1 aliphatic rings. The molecule has 0 aromatic carbocycles. The molecule has 0 bridgehead atoms. The molecule has 5 rings (SSSR count). The normalized spacial score (nSPS) is 12.5. The van der Waals surface area contributed by atoms with Gasteiger partial charge < -0.3 is 9.64 Å². The number of nitrogens with one attached hydrogen (secondary N) is 1. The van der Waals surface area contributed by atoms with Crippen LogP contribution in [-0.2, 0) is 13.1 Å². The fraction of sp³-hybridized carbons (Fsp3) is 0.208. The van der Waals surface area contributed by atoms with Crippen LogP contribution < -0.4 is 10.1 Å². The lowest BCUT2D eigenvalue weighted by molar-refractivity contribution is 0.0748. The van der Waals surface area contributed by atoms with Gasteiger partial charge in [0.25, 0.3) is 18.2 Å². The molecular formula is C24H18ClF2N7O3S. The van der Waals surface area contributed by atoms with E-state index in [0.717, 1.165) is 17.3 Å². The Morgan fingerprint density at radius 1 is 1.08 bits per heavy atom. The number of nitrogens with zero attached hydrogens (tertiary/aromatic N) is 6. The monoisotopic (exact) mass is 557 g/mol. The van der Waals surface area contributed by atoms with E-state index in [1.54, 1.807) is 19.1 Å². The number of aromatic nitrogens is 5. The highest BCUT2D eigenvalue weighted by Crippen LogP contribution is 2.35. The SMILES string of the molecule is COc1cnc(Cl)cc1-c1cc(C)ncc1C(=O)Nc1nc2c(s1)CN(C(=O)c1cnc(C(F)F)nc1)C2. The number of methoxy groups -OCH3 is 1. The predicted molar refractivity (Wildman–Crippen MR) is 134 cm³/mol. The third-order valence-electron chi connectivity index (χ3n) is 5.70. The largest absolute Gasteiger partial charge is 0.494 e. The zero-order valence-corrected chi connectivity index (χ0v) is 21.5. The summed E-state index contributed by atoms with van der Waals surface area (Å²) < 4.78 is 30.8. The predicted octanol–water partition coefficient (Wildman–Crippen LogP) is 4.71. The van der Waals surface area contributed by atoms with Crippen LogP contribution in [0.4, 0.5) is 13.9 Å². The van der Waals surface area contributed by atoms with E-state index in [0.29, 0.717) is 33.4 Å². The summed E-state index contributed by atoms with van der Waals surface area (Å²) >= 11 is 7.34. The van der Waals surface area contributed by atoms with E-state index in [1.165, 1.54) is 35.7 Å². The van der Waals surface area contributed by atoms with Gasteiger partial charge in [0.05, 0.1) is 48.1 Å². The number of hydrogen-bond acceptors (Lipinski definition) is 9. The molecular weight excluding hydrogens is 540 g/mol. The van der Waals surface area contributed by atoms with Gasteiger partial charge in [0.2, 0.25) is 0 Å². The molecule has 2 amide bonds. The van der Waals surface area contributed by atoms with Crippen LogP contribution in [0.2, 0.25) is 5.15 Å². The Kier molecular flexibility index (Phi) is 6.95. The van der Waals surface area contributed by atoms with Gasteiger partial charge in [-0.05, 0) is 19.1 Å². The highest BCUT2D eigenvalue weighted by atomic mass is 35.5. The number of alkyl halides is 2. The molecule has 5 heterocycles. The van der Waals surface area contributed by atoms with Gasteiger partial charge >= 0.3 is 0 Å². The van der Waals surface area contributed by atoms with E-state index >= 15 is 0 Å². The molecule has 194 valence electrons. The van der Waals surface area contributed by atoms with Gasteiger partial charge in [-0.3, -0.25) is 19.9 Å². The Bertz CT molecular complexity index is 1530. The van der Waals surface area contributed by atoms with Crippen molar-refractivity contribution in [3.05, 3.63) is 75.3 Å². The number of rotatable bonds is 6. The minimum absolute atomic E-state index is 0.101. The Balaban J connectivity index is 1.33. The van der Waals surface area contributed by atoms with E-state index < -0.39 is 24.1 Å². The maximum Gasteiger partial charge on any atom is 0.297 e. The summed E-state index contributed by atoms with van der Waals surface area (Å²) in [5.74, 6) is -1.02. The van der Waals surface area contributed by atoms with E-state index in [4.69, 9.17) is 16.3 Å². The van der Waals surface area contributed by atoms with Crippen LogP contribution in [0.15, 0.2) is 36.9 Å². The van der Waals surface area contributed by atoms with Crippen molar-refractivity contribution >= 4 is 39.9 Å². The number of fused-ring (bicyclic) bond motifs is 1. The summed E-state index contributed by atoms with van der Waals surface area (Å²) in [6.45, 7) is 2.25. The first-order chi connectivity index (χ1) is 18.2. The third kappa shape index (κ3) is 5.02. The number of hydrogen-bond donors (Lipinski definition) is 1. The van der Waals surface area contributed by atoms with E-state index in [1.807, 2.05) is 0 Å². The van der Waals surface area contributed by atoms with E-state index in [2.05, 4.69) is 30.2 Å². The molecule has 0 saturated heterocycles. The summed E-state index contributed by atoms with van der Waals surface area (Å²) in [4.78, 5) is 48.2. The topological polar surface area (TPSA) is 123 Å². The van der Waals surface area contributed by atoms with Gasteiger partial charge in [0.1, 0.15) is 10.9 Å². The van der Waals surface area contributed by atoms with Gasteiger partial charge in [-0.2, -0.15) is 0 Å². The second-order valence-electron chi connectivity index (χ2n) is 8.21. The van der Waals surface area contributed by atoms with Crippen LogP contribution in [0.3, 0.4) is 0 Å². The molecule has 4 aromatic rings. The van der Waals surface area contributed by atoms with Crippen LogP contribution in [-0.4, -0.2) is 48.7 Å².